The molecule has 0 amide bonds. The Hall–Kier alpha value is -2.49. The molecular formula is C18H13N5OS3. The van der Waals surface area contributed by atoms with Crippen molar-refractivity contribution in [2.24, 2.45) is 0 Å². The zero-order valence-electron chi connectivity index (χ0n) is 14.2. The van der Waals surface area contributed by atoms with Crippen LogP contribution in [-0.2, 0) is 5.75 Å². The summed E-state index contributed by atoms with van der Waals surface area (Å²) >= 11 is 4.69. The second-order valence-corrected chi connectivity index (χ2v) is 9.04. The minimum atomic E-state index is -0.0935. The van der Waals surface area contributed by atoms with E-state index in [4.69, 9.17) is 0 Å². The molecule has 5 aromatic rings. The van der Waals surface area contributed by atoms with E-state index in [1.807, 2.05) is 34.2 Å². The molecule has 0 fully saturated rings. The number of thiophene rings is 2. The van der Waals surface area contributed by atoms with Gasteiger partial charge in [-0.05, 0) is 31.2 Å². The summed E-state index contributed by atoms with van der Waals surface area (Å²) < 4.78 is 1.92. The number of pyridine rings is 1. The number of hydrogen-bond acceptors (Lipinski definition) is 7. The third-order valence-corrected chi connectivity index (χ3v) is 6.98. The Morgan fingerprint density at radius 2 is 2.15 bits per heavy atom. The number of nitrogens with one attached hydrogen (secondary N) is 1. The Labute approximate surface area is 165 Å². The van der Waals surface area contributed by atoms with Crippen LogP contribution >= 0.6 is 34.4 Å². The number of rotatable bonds is 4. The van der Waals surface area contributed by atoms with Gasteiger partial charge in [-0.2, -0.15) is 0 Å². The predicted octanol–water partition coefficient (Wildman–Crippen LogP) is 4.36. The first-order valence-corrected chi connectivity index (χ1v) is 10.9. The summed E-state index contributed by atoms with van der Waals surface area (Å²) in [5.74, 6) is 1.16. The largest absolute Gasteiger partial charge is 0.309 e. The number of aromatic nitrogens is 5. The maximum Gasteiger partial charge on any atom is 0.260 e. The lowest BCUT2D eigenvalue weighted by atomic mass is 10.2. The van der Waals surface area contributed by atoms with Gasteiger partial charge in [0.2, 0.25) is 0 Å². The van der Waals surface area contributed by atoms with Gasteiger partial charge in [-0.15, -0.1) is 32.9 Å². The van der Waals surface area contributed by atoms with Gasteiger partial charge in [0.25, 0.3) is 5.56 Å². The molecule has 0 unspecified atom stereocenters. The van der Waals surface area contributed by atoms with E-state index in [-0.39, 0.29) is 5.56 Å². The molecule has 0 bridgehead atoms. The van der Waals surface area contributed by atoms with Crippen LogP contribution in [0.15, 0.2) is 51.9 Å². The van der Waals surface area contributed by atoms with E-state index in [1.54, 1.807) is 11.3 Å². The topological polar surface area (TPSA) is 75.9 Å². The van der Waals surface area contributed by atoms with Crippen molar-refractivity contribution in [3.63, 3.8) is 0 Å². The van der Waals surface area contributed by atoms with E-state index in [0.29, 0.717) is 17.0 Å². The van der Waals surface area contributed by atoms with E-state index in [2.05, 4.69) is 39.2 Å². The van der Waals surface area contributed by atoms with Gasteiger partial charge < -0.3 is 4.98 Å². The normalized spacial score (nSPS) is 11.6. The fourth-order valence-corrected chi connectivity index (χ4v) is 5.59. The van der Waals surface area contributed by atoms with Crippen LogP contribution in [0.25, 0.3) is 26.3 Å². The average Bonchev–Trinajstić information content (AvgIpc) is 3.38. The van der Waals surface area contributed by atoms with Crippen molar-refractivity contribution >= 4 is 50.3 Å². The molecule has 0 radical (unpaired) electrons. The SMILES string of the molecule is Cc1ccc(-c2csc3nc(CSc4nnc5ccccn45)[nH]c(=O)c23)s1. The first-order valence-electron chi connectivity index (χ1n) is 8.19. The number of thioether (sulfide) groups is 1. The fourth-order valence-electron chi connectivity index (χ4n) is 2.87. The first kappa shape index (κ1) is 16.7. The van der Waals surface area contributed by atoms with Crippen LogP contribution in [0.3, 0.4) is 0 Å². The number of aromatic amines is 1. The molecule has 5 heterocycles. The van der Waals surface area contributed by atoms with Crippen LogP contribution in [-0.4, -0.2) is 24.6 Å². The highest BCUT2D eigenvalue weighted by Gasteiger charge is 2.15. The van der Waals surface area contributed by atoms with Gasteiger partial charge in [-0.25, -0.2) is 4.98 Å². The van der Waals surface area contributed by atoms with Crippen LogP contribution < -0.4 is 5.56 Å². The maximum absolute atomic E-state index is 12.7. The average molecular weight is 412 g/mol. The van der Waals surface area contributed by atoms with Crippen molar-refractivity contribution in [3.05, 3.63) is 63.0 Å². The maximum atomic E-state index is 12.7. The van der Waals surface area contributed by atoms with Crippen LogP contribution in [0, 0.1) is 6.92 Å². The zero-order valence-corrected chi connectivity index (χ0v) is 16.6. The lowest BCUT2D eigenvalue weighted by Gasteiger charge is -2.01. The lowest BCUT2D eigenvalue weighted by molar-refractivity contribution is 0.917. The van der Waals surface area contributed by atoms with E-state index in [0.717, 1.165) is 26.1 Å². The van der Waals surface area contributed by atoms with Gasteiger partial charge in [-0.1, -0.05) is 17.8 Å². The number of fused-ring (bicyclic) bond motifs is 2. The molecule has 1 N–H and O–H groups in total. The summed E-state index contributed by atoms with van der Waals surface area (Å²) in [5.41, 5.74) is 1.67. The molecule has 5 aromatic heterocycles. The molecule has 9 heteroatoms. The summed E-state index contributed by atoms with van der Waals surface area (Å²) in [6.45, 7) is 2.06. The third-order valence-electron chi connectivity index (χ3n) is 4.12. The molecule has 5 rings (SSSR count). The molecular weight excluding hydrogens is 398 g/mol. The minimum Gasteiger partial charge on any atom is -0.309 e. The first-order chi connectivity index (χ1) is 13.2. The Balaban J connectivity index is 1.47. The number of aryl methyl sites for hydroxylation is 1. The highest BCUT2D eigenvalue weighted by Crippen LogP contribution is 2.35. The quantitative estimate of drug-likeness (QED) is 0.445. The molecule has 0 spiro atoms. The van der Waals surface area contributed by atoms with Crippen molar-refractivity contribution in [2.75, 3.05) is 0 Å². The Morgan fingerprint density at radius 3 is 3.00 bits per heavy atom. The summed E-state index contributed by atoms with van der Waals surface area (Å²) in [5, 5.41) is 11.8. The van der Waals surface area contributed by atoms with Crippen LogP contribution in [0.1, 0.15) is 10.7 Å². The smallest absolute Gasteiger partial charge is 0.260 e. The van der Waals surface area contributed by atoms with Gasteiger partial charge in [0.15, 0.2) is 10.8 Å². The lowest BCUT2D eigenvalue weighted by Crippen LogP contribution is -2.10. The van der Waals surface area contributed by atoms with Crippen LogP contribution in [0.5, 0.6) is 0 Å². The fraction of sp³-hybridized carbons (Fsp3) is 0.111. The molecule has 0 atom stereocenters. The highest BCUT2D eigenvalue weighted by atomic mass is 32.2. The van der Waals surface area contributed by atoms with Crippen LogP contribution in [0.4, 0.5) is 0 Å². The molecule has 0 saturated heterocycles. The van der Waals surface area contributed by atoms with Gasteiger partial charge in [0.1, 0.15) is 10.7 Å². The highest BCUT2D eigenvalue weighted by molar-refractivity contribution is 7.98. The van der Waals surface area contributed by atoms with Gasteiger partial charge in [0.05, 0.1) is 11.1 Å². The van der Waals surface area contributed by atoms with Crippen molar-refractivity contribution in [2.45, 2.75) is 17.8 Å². The number of hydrogen-bond donors (Lipinski definition) is 1. The Kier molecular flexibility index (Phi) is 4.07. The Bertz CT molecular complexity index is 1330. The van der Waals surface area contributed by atoms with E-state index in [9.17, 15) is 4.79 Å². The van der Waals surface area contributed by atoms with Crippen molar-refractivity contribution in [3.8, 4) is 10.4 Å². The standard InChI is InChI=1S/C18H13N5OS3/c1-10-5-6-12(27-10)11-8-25-17-15(11)16(24)19-13(20-17)9-26-18-22-21-14-4-2-3-7-23(14)18/h2-8H,9H2,1H3,(H,19,20,24). The zero-order chi connectivity index (χ0) is 18.4. The molecule has 0 aliphatic rings. The van der Waals surface area contributed by atoms with E-state index < -0.39 is 0 Å². The van der Waals surface area contributed by atoms with Crippen LogP contribution in [0.2, 0.25) is 0 Å². The van der Waals surface area contributed by atoms with Crippen molar-refractivity contribution in [1.29, 1.82) is 0 Å². The summed E-state index contributed by atoms with van der Waals surface area (Å²) in [6.07, 6.45) is 1.92. The van der Waals surface area contributed by atoms with Gasteiger partial charge in [-0.3, -0.25) is 9.20 Å². The van der Waals surface area contributed by atoms with E-state index >= 15 is 0 Å². The van der Waals surface area contributed by atoms with Crippen molar-refractivity contribution < 1.29 is 0 Å². The molecule has 134 valence electrons. The molecule has 0 aliphatic heterocycles. The van der Waals surface area contributed by atoms with Gasteiger partial charge >= 0.3 is 0 Å². The minimum absolute atomic E-state index is 0.0935. The molecule has 0 aromatic carbocycles. The second kappa shape index (κ2) is 6.59. The second-order valence-electron chi connectivity index (χ2n) is 5.95. The number of H-pyrrole nitrogens is 1. The molecule has 0 aliphatic carbocycles. The van der Waals surface area contributed by atoms with E-state index in [1.165, 1.54) is 28.0 Å². The number of nitrogens with zero attached hydrogens (tertiary/aromatic N) is 4. The third kappa shape index (κ3) is 2.97. The molecule has 27 heavy (non-hydrogen) atoms. The Morgan fingerprint density at radius 1 is 1.22 bits per heavy atom. The summed E-state index contributed by atoms with van der Waals surface area (Å²) in [7, 11) is 0. The monoisotopic (exact) mass is 411 g/mol. The molecule has 0 saturated carbocycles. The summed E-state index contributed by atoms with van der Waals surface area (Å²) in [4.78, 5) is 23.4. The van der Waals surface area contributed by atoms with Crippen molar-refractivity contribution in [1.82, 2.24) is 24.6 Å². The van der Waals surface area contributed by atoms with Gasteiger partial charge in [0, 0.05) is 26.9 Å². The molecule has 6 nitrogen and oxygen atoms in total. The summed E-state index contributed by atoms with van der Waals surface area (Å²) in [6, 6.07) is 9.89. The predicted molar refractivity (Wildman–Crippen MR) is 111 cm³/mol.